The Kier molecular flexibility index (Phi) is 3.98. The maximum absolute atomic E-state index is 9.41. The van der Waals surface area contributed by atoms with E-state index in [-0.39, 0.29) is 11.5 Å². The molecule has 0 unspecified atom stereocenters. The normalized spacial score (nSPS) is 10.9. The van der Waals surface area contributed by atoms with E-state index >= 15 is 0 Å². The van der Waals surface area contributed by atoms with Gasteiger partial charge in [0.05, 0.1) is 0 Å². The van der Waals surface area contributed by atoms with Crippen molar-refractivity contribution >= 4 is 6.21 Å². The summed E-state index contributed by atoms with van der Waals surface area (Å²) < 4.78 is 0. The number of rotatable bonds is 4. The van der Waals surface area contributed by atoms with Gasteiger partial charge in [0.25, 0.3) is 0 Å². The molecule has 0 aliphatic heterocycles. The summed E-state index contributed by atoms with van der Waals surface area (Å²) in [6.07, 6.45) is 3.73. The highest BCUT2D eigenvalue weighted by Gasteiger charge is 2.01. The Morgan fingerprint density at radius 3 is 2.86 bits per heavy atom. The van der Waals surface area contributed by atoms with Crippen LogP contribution in [0.15, 0.2) is 23.2 Å². The Morgan fingerprint density at radius 2 is 2.14 bits per heavy atom. The van der Waals surface area contributed by atoms with Crippen molar-refractivity contribution < 1.29 is 10.2 Å². The molecule has 0 radical (unpaired) electrons. The molecule has 0 fully saturated rings. The Balaban J connectivity index is 2.67. The van der Waals surface area contributed by atoms with Crippen molar-refractivity contribution in [2.75, 3.05) is 6.54 Å². The van der Waals surface area contributed by atoms with Gasteiger partial charge in [0, 0.05) is 18.3 Å². The fraction of sp³-hybridized carbons (Fsp3) is 0.364. The van der Waals surface area contributed by atoms with Crippen LogP contribution in [0, 0.1) is 0 Å². The van der Waals surface area contributed by atoms with Gasteiger partial charge in [0.15, 0.2) is 11.5 Å². The molecule has 0 amide bonds. The quantitative estimate of drug-likeness (QED) is 0.438. The van der Waals surface area contributed by atoms with Crippen LogP contribution in [-0.2, 0) is 0 Å². The number of aromatic hydroxyl groups is 2. The molecule has 0 saturated heterocycles. The summed E-state index contributed by atoms with van der Waals surface area (Å²) in [4.78, 5) is 4.14. The summed E-state index contributed by atoms with van der Waals surface area (Å²) in [6, 6.07) is 4.83. The van der Waals surface area contributed by atoms with Crippen LogP contribution in [0.2, 0.25) is 0 Å². The number of phenols is 2. The number of hydrogen-bond acceptors (Lipinski definition) is 3. The molecule has 76 valence electrons. The van der Waals surface area contributed by atoms with Gasteiger partial charge in [-0.25, -0.2) is 0 Å². The zero-order valence-electron chi connectivity index (χ0n) is 8.27. The summed E-state index contributed by atoms with van der Waals surface area (Å²) >= 11 is 0. The van der Waals surface area contributed by atoms with Gasteiger partial charge in [-0.3, -0.25) is 4.99 Å². The van der Waals surface area contributed by atoms with E-state index in [1.54, 1.807) is 18.3 Å². The highest BCUT2D eigenvalue weighted by atomic mass is 16.3. The van der Waals surface area contributed by atoms with E-state index in [2.05, 4.69) is 11.9 Å². The van der Waals surface area contributed by atoms with Crippen molar-refractivity contribution in [3.8, 4) is 11.5 Å². The Hall–Kier alpha value is -1.51. The Bertz CT molecular complexity index is 321. The summed E-state index contributed by atoms with van der Waals surface area (Å²) in [5.41, 5.74) is 0.557. The molecule has 0 bridgehead atoms. The first kappa shape index (κ1) is 10.6. The maximum atomic E-state index is 9.41. The predicted molar refractivity (Wildman–Crippen MR) is 57.1 cm³/mol. The highest BCUT2D eigenvalue weighted by Crippen LogP contribution is 2.26. The van der Waals surface area contributed by atoms with Gasteiger partial charge in [-0.1, -0.05) is 19.4 Å². The standard InChI is InChI=1S/C11H15NO2/c1-2-3-7-12-8-9-5-4-6-10(13)11(9)14/h4-6,8,13-14H,2-3,7H2,1H3. The largest absolute Gasteiger partial charge is 0.504 e. The molecular formula is C11H15NO2. The van der Waals surface area contributed by atoms with Crippen molar-refractivity contribution in [1.82, 2.24) is 0 Å². The third-order valence-corrected chi connectivity index (χ3v) is 1.92. The van der Waals surface area contributed by atoms with E-state index in [1.807, 2.05) is 0 Å². The molecule has 0 atom stereocenters. The van der Waals surface area contributed by atoms with Crippen LogP contribution in [0.3, 0.4) is 0 Å². The molecule has 3 nitrogen and oxygen atoms in total. The first-order valence-electron chi connectivity index (χ1n) is 4.76. The topological polar surface area (TPSA) is 52.8 Å². The molecule has 0 aromatic heterocycles. The maximum Gasteiger partial charge on any atom is 0.166 e. The van der Waals surface area contributed by atoms with Crippen LogP contribution >= 0.6 is 0 Å². The molecule has 1 rings (SSSR count). The zero-order valence-corrected chi connectivity index (χ0v) is 8.27. The number of unbranched alkanes of at least 4 members (excludes halogenated alkanes) is 1. The van der Waals surface area contributed by atoms with Gasteiger partial charge in [0.1, 0.15) is 0 Å². The lowest BCUT2D eigenvalue weighted by molar-refractivity contribution is 0.403. The van der Waals surface area contributed by atoms with Crippen molar-refractivity contribution in [3.05, 3.63) is 23.8 Å². The minimum absolute atomic E-state index is 0.104. The van der Waals surface area contributed by atoms with Crippen molar-refractivity contribution in [1.29, 1.82) is 0 Å². The lowest BCUT2D eigenvalue weighted by Crippen LogP contribution is -1.85. The average Bonchev–Trinajstić information content (AvgIpc) is 2.19. The lowest BCUT2D eigenvalue weighted by atomic mass is 10.2. The van der Waals surface area contributed by atoms with E-state index < -0.39 is 0 Å². The molecule has 0 heterocycles. The molecule has 1 aromatic rings. The molecule has 0 aliphatic rings. The zero-order chi connectivity index (χ0) is 10.4. The molecular weight excluding hydrogens is 178 g/mol. The number of aliphatic imine (C=N–C) groups is 1. The van der Waals surface area contributed by atoms with Crippen molar-refractivity contribution in [3.63, 3.8) is 0 Å². The van der Waals surface area contributed by atoms with Crippen LogP contribution in [0.5, 0.6) is 11.5 Å². The first-order chi connectivity index (χ1) is 6.75. The summed E-state index contributed by atoms with van der Waals surface area (Å²) in [6.45, 7) is 2.85. The van der Waals surface area contributed by atoms with Gasteiger partial charge in [-0.15, -0.1) is 0 Å². The smallest absolute Gasteiger partial charge is 0.166 e. The fourth-order valence-electron chi connectivity index (χ4n) is 1.07. The second kappa shape index (κ2) is 5.27. The highest BCUT2D eigenvalue weighted by molar-refractivity contribution is 5.84. The Labute approximate surface area is 83.7 Å². The summed E-state index contributed by atoms with van der Waals surface area (Å²) in [7, 11) is 0. The summed E-state index contributed by atoms with van der Waals surface area (Å²) in [5, 5.41) is 18.6. The number of phenolic OH excluding ortho intramolecular Hbond substituents is 2. The van der Waals surface area contributed by atoms with Crippen molar-refractivity contribution in [2.45, 2.75) is 19.8 Å². The molecule has 0 spiro atoms. The second-order valence-electron chi connectivity index (χ2n) is 3.10. The predicted octanol–water partition coefficient (Wildman–Crippen LogP) is 2.32. The minimum Gasteiger partial charge on any atom is -0.504 e. The van der Waals surface area contributed by atoms with Crippen LogP contribution in [0.1, 0.15) is 25.3 Å². The van der Waals surface area contributed by atoms with E-state index in [0.29, 0.717) is 5.56 Å². The third-order valence-electron chi connectivity index (χ3n) is 1.92. The fourth-order valence-corrected chi connectivity index (χ4v) is 1.07. The van der Waals surface area contributed by atoms with Gasteiger partial charge >= 0.3 is 0 Å². The number of hydrogen-bond donors (Lipinski definition) is 2. The van der Waals surface area contributed by atoms with E-state index in [9.17, 15) is 10.2 Å². The molecule has 3 heteroatoms. The number of benzene rings is 1. The van der Waals surface area contributed by atoms with E-state index in [4.69, 9.17) is 0 Å². The lowest BCUT2D eigenvalue weighted by Gasteiger charge is -2.00. The van der Waals surface area contributed by atoms with Gasteiger partial charge in [0.2, 0.25) is 0 Å². The molecule has 0 aliphatic carbocycles. The average molecular weight is 193 g/mol. The third kappa shape index (κ3) is 2.76. The molecule has 2 N–H and O–H groups in total. The Morgan fingerprint density at radius 1 is 1.36 bits per heavy atom. The summed E-state index contributed by atoms with van der Waals surface area (Å²) in [5.74, 6) is -0.211. The first-order valence-corrected chi connectivity index (χ1v) is 4.76. The minimum atomic E-state index is -0.107. The molecule has 1 aromatic carbocycles. The van der Waals surface area contributed by atoms with Crippen LogP contribution in [-0.4, -0.2) is 23.0 Å². The van der Waals surface area contributed by atoms with Crippen LogP contribution < -0.4 is 0 Å². The van der Waals surface area contributed by atoms with Gasteiger partial charge in [-0.05, 0) is 18.6 Å². The van der Waals surface area contributed by atoms with Crippen LogP contribution in [0.25, 0.3) is 0 Å². The van der Waals surface area contributed by atoms with Gasteiger partial charge < -0.3 is 10.2 Å². The van der Waals surface area contributed by atoms with Crippen molar-refractivity contribution in [2.24, 2.45) is 4.99 Å². The molecule has 14 heavy (non-hydrogen) atoms. The molecule has 0 saturated carbocycles. The monoisotopic (exact) mass is 193 g/mol. The SMILES string of the molecule is CCCCN=Cc1cccc(O)c1O. The van der Waals surface area contributed by atoms with E-state index in [0.717, 1.165) is 19.4 Å². The second-order valence-corrected chi connectivity index (χ2v) is 3.10. The van der Waals surface area contributed by atoms with Gasteiger partial charge in [-0.2, -0.15) is 0 Å². The van der Waals surface area contributed by atoms with Crippen LogP contribution in [0.4, 0.5) is 0 Å². The number of para-hydroxylation sites is 1. The van der Waals surface area contributed by atoms with E-state index in [1.165, 1.54) is 6.07 Å². The number of nitrogens with zero attached hydrogens (tertiary/aromatic N) is 1.